The predicted octanol–water partition coefficient (Wildman–Crippen LogP) is 1.56. The van der Waals surface area contributed by atoms with Crippen molar-refractivity contribution in [1.82, 2.24) is 0 Å². The number of aliphatic carboxylic acids is 1. The maximum absolute atomic E-state index is 11.0. The molecule has 2 unspecified atom stereocenters. The minimum atomic E-state index is -1.36. The first-order valence-corrected chi connectivity index (χ1v) is 6.43. The van der Waals surface area contributed by atoms with Gasteiger partial charge in [0.1, 0.15) is 22.8 Å². The molecule has 0 radical (unpaired) electrons. The van der Waals surface area contributed by atoms with Gasteiger partial charge >= 0.3 is 5.97 Å². The Hall–Kier alpha value is -1.95. The van der Waals surface area contributed by atoms with Gasteiger partial charge in [-0.2, -0.15) is 0 Å². The van der Waals surface area contributed by atoms with E-state index in [9.17, 15) is 20.1 Å². The molecule has 1 rings (SSSR count). The average Bonchev–Trinajstić information content (AvgIpc) is 2.31. The van der Waals surface area contributed by atoms with Gasteiger partial charge in [-0.15, -0.1) is 0 Å². The zero-order valence-corrected chi connectivity index (χ0v) is 11.6. The fraction of sp³-hybridized carbons (Fsp3) is 0.500. The largest absolute Gasteiger partial charge is 0.508 e. The number of nitrogens with two attached hydrogens (primary N) is 1. The van der Waals surface area contributed by atoms with Crippen LogP contribution in [0.5, 0.6) is 17.2 Å². The average molecular weight is 283 g/mol. The van der Waals surface area contributed by atoms with Gasteiger partial charge in [-0.1, -0.05) is 13.3 Å². The van der Waals surface area contributed by atoms with E-state index < -0.39 is 11.5 Å². The van der Waals surface area contributed by atoms with E-state index in [0.717, 1.165) is 12.1 Å². The topological polar surface area (TPSA) is 124 Å². The summed E-state index contributed by atoms with van der Waals surface area (Å²) in [6.07, 6.45) is 1.16. The van der Waals surface area contributed by atoms with Crippen LogP contribution in [-0.2, 0) is 11.2 Å². The number of carboxylic acid groups (broad SMARTS) is 1. The van der Waals surface area contributed by atoms with E-state index in [-0.39, 0.29) is 41.6 Å². The summed E-state index contributed by atoms with van der Waals surface area (Å²) in [5.41, 5.74) is 4.65. The third-order valence-electron chi connectivity index (χ3n) is 3.46. The molecule has 0 aromatic heterocycles. The van der Waals surface area contributed by atoms with Crippen molar-refractivity contribution < 1.29 is 25.2 Å². The van der Waals surface area contributed by atoms with Crippen LogP contribution in [0.4, 0.5) is 0 Å². The Balaban J connectivity index is 2.92. The molecule has 0 fully saturated rings. The van der Waals surface area contributed by atoms with Crippen LogP contribution < -0.4 is 5.73 Å². The summed E-state index contributed by atoms with van der Waals surface area (Å²) in [6.45, 7) is 3.33. The SMILES string of the molecule is CCC(Cc1c(O)cc(O)cc1O)CC(C)(N)C(=O)O. The highest BCUT2D eigenvalue weighted by atomic mass is 16.4. The third kappa shape index (κ3) is 3.77. The van der Waals surface area contributed by atoms with E-state index in [1.165, 1.54) is 6.92 Å². The summed E-state index contributed by atoms with van der Waals surface area (Å²) in [6, 6.07) is 2.28. The normalized spacial score (nSPS) is 15.6. The molecule has 0 heterocycles. The highest BCUT2D eigenvalue weighted by Gasteiger charge is 2.31. The Bertz CT molecular complexity index is 475. The van der Waals surface area contributed by atoms with E-state index >= 15 is 0 Å². The van der Waals surface area contributed by atoms with E-state index in [1.807, 2.05) is 6.92 Å². The zero-order chi connectivity index (χ0) is 15.5. The van der Waals surface area contributed by atoms with Gasteiger partial charge in [0.25, 0.3) is 0 Å². The lowest BCUT2D eigenvalue weighted by Crippen LogP contribution is -2.46. The first-order valence-electron chi connectivity index (χ1n) is 6.43. The second-order valence-electron chi connectivity index (χ2n) is 5.37. The Kier molecular flexibility index (Phi) is 4.83. The Morgan fingerprint density at radius 2 is 1.80 bits per heavy atom. The number of aromatic hydroxyl groups is 3. The van der Waals surface area contributed by atoms with Crippen molar-refractivity contribution in [2.75, 3.05) is 0 Å². The minimum Gasteiger partial charge on any atom is -0.508 e. The van der Waals surface area contributed by atoms with E-state index in [1.54, 1.807) is 0 Å². The first kappa shape index (κ1) is 16.1. The fourth-order valence-corrected chi connectivity index (χ4v) is 2.17. The third-order valence-corrected chi connectivity index (χ3v) is 3.46. The number of phenolic OH excluding ortho intramolecular Hbond substituents is 3. The maximum atomic E-state index is 11.0. The van der Waals surface area contributed by atoms with Crippen molar-refractivity contribution in [3.63, 3.8) is 0 Å². The second kappa shape index (κ2) is 6.00. The molecule has 0 saturated heterocycles. The minimum absolute atomic E-state index is 0.109. The standard InChI is InChI=1S/C14H21NO5/c1-3-8(7-14(2,15)13(19)20)4-10-11(17)5-9(16)6-12(10)18/h5-6,8,16-18H,3-4,7,15H2,1-2H3,(H,19,20). The van der Waals surface area contributed by atoms with Crippen LogP contribution in [0.15, 0.2) is 12.1 Å². The van der Waals surface area contributed by atoms with Crippen molar-refractivity contribution in [1.29, 1.82) is 0 Å². The molecular formula is C14H21NO5. The Labute approximate surface area is 117 Å². The summed E-state index contributed by atoms with van der Waals surface area (Å²) >= 11 is 0. The molecule has 1 aromatic carbocycles. The number of hydrogen-bond donors (Lipinski definition) is 5. The number of phenols is 3. The molecule has 0 aliphatic heterocycles. The van der Waals surface area contributed by atoms with Gasteiger partial charge in [0.05, 0.1) is 0 Å². The van der Waals surface area contributed by atoms with Crippen molar-refractivity contribution in [3.05, 3.63) is 17.7 Å². The molecule has 2 atom stereocenters. The van der Waals surface area contributed by atoms with Gasteiger partial charge in [-0.05, 0) is 25.7 Å². The molecule has 6 nitrogen and oxygen atoms in total. The lowest BCUT2D eigenvalue weighted by Gasteiger charge is -2.25. The molecule has 0 aliphatic carbocycles. The van der Waals surface area contributed by atoms with Crippen LogP contribution in [0.25, 0.3) is 0 Å². The monoisotopic (exact) mass is 283 g/mol. The number of carboxylic acids is 1. The fourth-order valence-electron chi connectivity index (χ4n) is 2.17. The predicted molar refractivity (Wildman–Crippen MR) is 73.8 cm³/mol. The second-order valence-corrected chi connectivity index (χ2v) is 5.37. The summed E-state index contributed by atoms with van der Waals surface area (Å²) in [7, 11) is 0. The van der Waals surface area contributed by atoms with Crippen LogP contribution in [0.1, 0.15) is 32.3 Å². The summed E-state index contributed by atoms with van der Waals surface area (Å²) in [5, 5.41) is 37.8. The van der Waals surface area contributed by atoms with Gasteiger partial charge < -0.3 is 26.2 Å². The van der Waals surface area contributed by atoms with E-state index in [4.69, 9.17) is 10.8 Å². The van der Waals surface area contributed by atoms with Crippen molar-refractivity contribution in [2.24, 2.45) is 11.7 Å². The van der Waals surface area contributed by atoms with Gasteiger partial charge in [-0.25, -0.2) is 0 Å². The molecule has 0 bridgehead atoms. The molecule has 1 aromatic rings. The van der Waals surface area contributed by atoms with Crippen LogP contribution in [-0.4, -0.2) is 31.9 Å². The molecule has 0 spiro atoms. The highest BCUT2D eigenvalue weighted by Crippen LogP contribution is 2.35. The number of benzene rings is 1. The first-order chi connectivity index (χ1) is 9.17. The lowest BCUT2D eigenvalue weighted by atomic mass is 9.84. The Morgan fingerprint density at radius 1 is 1.30 bits per heavy atom. The van der Waals surface area contributed by atoms with Crippen LogP contribution in [0, 0.1) is 5.92 Å². The van der Waals surface area contributed by atoms with Crippen LogP contribution >= 0.6 is 0 Å². The molecule has 0 saturated carbocycles. The smallest absolute Gasteiger partial charge is 0.323 e. The molecular weight excluding hydrogens is 262 g/mol. The molecule has 0 aliphatic rings. The Morgan fingerprint density at radius 3 is 2.20 bits per heavy atom. The van der Waals surface area contributed by atoms with E-state index in [0.29, 0.717) is 6.42 Å². The molecule has 112 valence electrons. The summed E-state index contributed by atoms with van der Waals surface area (Å²) in [5.74, 6) is -1.85. The van der Waals surface area contributed by atoms with Gasteiger partial charge in [0, 0.05) is 17.7 Å². The number of carbonyl (C=O) groups is 1. The number of hydrogen-bond acceptors (Lipinski definition) is 5. The summed E-state index contributed by atoms with van der Waals surface area (Å²) < 4.78 is 0. The van der Waals surface area contributed by atoms with Gasteiger partial charge in [-0.3, -0.25) is 4.79 Å². The van der Waals surface area contributed by atoms with Gasteiger partial charge in [0.15, 0.2) is 0 Å². The highest BCUT2D eigenvalue weighted by molar-refractivity contribution is 5.77. The number of rotatable bonds is 6. The zero-order valence-electron chi connectivity index (χ0n) is 11.6. The van der Waals surface area contributed by atoms with Crippen molar-refractivity contribution >= 4 is 5.97 Å². The maximum Gasteiger partial charge on any atom is 0.323 e. The molecule has 6 heteroatoms. The van der Waals surface area contributed by atoms with Gasteiger partial charge in [0.2, 0.25) is 0 Å². The van der Waals surface area contributed by atoms with Crippen molar-refractivity contribution in [2.45, 2.75) is 38.6 Å². The van der Waals surface area contributed by atoms with Crippen LogP contribution in [0.3, 0.4) is 0 Å². The lowest BCUT2D eigenvalue weighted by molar-refractivity contribution is -0.143. The quantitative estimate of drug-likeness (QED) is 0.539. The molecule has 6 N–H and O–H groups in total. The van der Waals surface area contributed by atoms with E-state index in [2.05, 4.69) is 0 Å². The van der Waals surface area contributed by atoms with Crippen molar-refractivity contribution in [3.8, 4) is 17.2 Å². The summed E-state index contributed by atoms with van der Waals surface area (Å²) in [4.78, 5) is 11.0. The van der Waals surface area contributed by atoms with Crippen LogP contribution in [0.2, 0.25) is 0 Å². The molecule has 0 amide bonds. The molecule has 20 heavy (non-hydrogen) atoms.